The number of benzene rings is 1. The molecule has 5 rings (SSSR count). The van der Waals surface area contributed by atoms with Crippen molar-refractivity contribution in [2.45, 2.75) is 45.6 Å². The van der Waals surface area contributed by atoms with Crippen LogP contribution in [-0.4, -0.2) is 28.5 Å². The smallest absolute Gasteiger partial charge is 0.259 e. The predicted molar refractivity (Wildman–Crippen MR) is 135 cm³/mol. The van der Waals surface area contributed by atoms with Crippen LogP contribution in [0.5, 0.6) is 0 Å². The number of amides is 1. The third-order valence-corrected chi connectivity index (χ3v) is 7.37. The van der Waals surface area contributed by atoms with Crippen LogP contribution >= 0.6 is 23.7 Å². The van der Waals surface area contributed by atoms with E-state index in [4.69, 9.17) is 5.73 Å². The molecule has 3 N–H and O–H groups in total. The summed E-state index contributed by atoms with van der Waals surface area (Å²) in [6.45, 7) is 4.88. The summed E-state index contributed by atoms with van der Waals surface area (Å²) in [4.78, 5) is 23.5. The lowest BCUT2D eigenvalue weighted by atomic mass is 9.86. The number of fused-ring (bicyclic) bond motifs is 1. The minimum atomic E-state index is 0. The molecule has 1 saturated carbocycles. The van der Waals surface area contributed by atoms with E-state index in [0.717, 1.165) is 76.6 Å². The fourth-order valence-electron chi connectivity index (χ4n) is 4.85. The molecule has 0 spiro atoms. The normalized spacial score (nSPS) is 21.7. The molecule has 0 atom stereocenters. The quantitative estimate of drug-likeness (QED) is 0.490. The van der Waals surface area contributed by atoms with Gasteiger partial charge in [0.25, 0.3) is 5.91 Å². The fourth-order valence-corrected chi connectivity index (χ4v) is 5.49. The van der Waals surface area contributed by atoms with Crippen molar-refractivity contribution in [1.29, 1.82) is 0 Å². The van der Waals surface area contributed by atoms with Gasteiger partial charge in [0.1, 0.15) is 5.01 Å². The molecule has 1 aliphatic carbocycles. The van der Waals surface area contributed by atoms with Crippen molar-refractivity contribution in [2.75, 3.05) is 11.4 Å². The number of carbonyl (C=O) groups is 1. The molecule has 1 fully saturated rings. The monoisotopic (exact) mass is 468 g/mol. The van der Waals surface area contributed by atoms with E-state index in [9.17, 15) is 4.79 Å². The molecule has 0 unspecified atom stereocenters. The van der Waals surface area contributed by atoms with Gasteiger partial charge in [-0.25, -0.2) is 4.98 Å². The zero-order valence-electron chi connectivity index (χ0n) is 18.4. The van der Waals surface area contributed by atoms with E-state index < -0.39 is 0 Å². The fraction of sp³-hybridized carbons (Fsp3) is 0.360. The number of hydrogen-bond acceptors (Lipinski definition) is 4. The van der Waals surface area contributed by atoms with Crippen molar-refractivity contribution in [3.8, 4) is 10.6 Å². The van der Waals surface area contributed by atoms with E-state index in [2.05, 4.69) is 41.2 Å². The number of nitrogens with two attached hydrogens (primary N) is 1. The molecule has 5 nitrogen and oxygen atoms in total. The minimum absolute atomic E-state index is 0. The molecule has 1 aromatic carbocycles. The Labute approximate surface area is 199 Å². The molecule has 1 amide bonds. The van der Waals surface area contributed by atoms with Gasteiger partial charge in [-0.2, -0.15) is 0 Å². The first-order valence-corrected chi connectivity index (χ1v) is 11.9. The number of anilines is 1. The molecule has 0 saturated heterocycles. The lowest BCUT2D eigenvalue weighted by Gasteiger charge is -2.29. The predicted octanol–water partition coefficient (Wildman–Crippen LogP) is 5.58. The standard InChI is InChI=1S/C25H28N4OS.ClH/c1-15-11-16(2)28-22(15)13-21-20-12-18(24-27-9-10-31-24)5-8-23(20)29(25(21)30)14-17-3-6-19(26)7-4-17;/h5,8-13,17,19,28H,3-4,6-7,14,26H2,1-2H3;1H/b21-13-;. The highest BCUT2D eigenvalue weighted by molar-refractivity contribution is 7.13. The van der Waals surface area contributed by atoms with Crippen molar-refractivity contribution >= 4 is 47.0 Å². The zero-order chi connectivity index (χ0) is 21.5. The first-order valence-electron chi connectivity index (χ1n) is 11.0. The van der Waals surface area contributed by atoms with E-state index in [1.807, 2.05) is 29.5 Å². The number of aryl methyl sites for hydroxylation is 2. The van der Waals surface area contributed by atoms with Crippen LogP contribution in [0, 0.1) is 19.8 Å². The average Bonchev–Trinajstić information content (AvgIpc) is 3.45. The van der Waals surface area contributed by atoms with Crippen LogP contribution < -0.4 is 10.6 Å². The maximum absolute atomic E-state index is 13.6. The topological polar surface area (TPSA) is 75.0 Å². The van der Waals surface area contributed by atoms with Gasteiger partial charge in [0.05, 0.1) is 11.3 Å². The number of carbonyl (C=O) groups excluding carboxylic acids is 1. The maximum Gasteiger partial charge on any atom is 0.259 e. The van der Waals surface area contributed by atoms with Crippen LogP contribution in [0.15, 0.2) is 35.8 Å². The summed E-state index contributed by atoms with van der Waals surface area (Å²) in [7, 11) is 0. The largest absolute Gasteiger partial charge is 0.359 e. The molecule has 1 aliphatic heterocycles. The average molecular weight is 469 g/mol. The summed E-state index contributed by atoms with van der Waals surface area (Å²) < 4.78 is 0. The van der Waals surface area contributed by atoms with Crippen molar-refractivity contribution in [2.24, 2.45) is 11.7 Å². The van der Waals surface area contributed by atoms with Gasteiger partial charge in [0, 0.05) is 46.7 Å². The van der Waals surface area contributed by atoms with Crippen LogP contribution in [0.2, 0.25) is 0 Å². The molecule has 7 heteroatoms. The number of hydrogen-bond donors (Lipinski definition) is 2. The van der Waals surface area contributed by atoms with Crippen molar-refractivity contribution in [1.82, 2.24) is 9.97 Å². The third-order valence-electron chi connectivity index (χ3n) is 6.54. The molecule has 3 aromatic rings. The van der Waals surface area contributed by atoms with Crippen LogP contribution in [-0.2, 0) is 4.79 Å². The summed E-state index contributed by atoms with van der Waals surface area (Å²) in [5, 5.41) is 2.96. The highest BCUT2D eigenvalue weighted by atomic mass is 35.5. The Kier molecular flexibility index (Phi) is 6.56. The second kappa shape index (κ2) is 9.22. The molecular formula is C25H29ClN4OS. The number of rotatable bonds is 4. The Morgan fingerprint density at radius 3 is 2.66 bits per heavy atom. The van der Waals surface area contributed by atoms with Gasteiger partial charge >= 0.3 is 0 Å². The molecule has 2 aromatic heterocycles. The van der Waals surface area contributed by atoms with Crippen molar-refractivity contribution < 1.29 is 4.79 Å². The Balaban J connectivity index is 0.00000245. The number of thiazole rings is 1. The van der Waals surface area contributed by atoms with E-state index in [-0.39, 0.29) is 18.3 Å². The second-order valence-corrected chi connectivity index (χ2v) is 9.77. The molecule has 168 valence electrons. The number of H-pyrrole nitrogens is 1. The van der Waals surface area contributed by atoms with Gasteiger partial charge in [-0.15, -0.1) is 23.7 Å². The maximum atomic E-state index is 13.6. The van der Waals surface area contributed by atoms with Gasteiger partial charge in [0.15, 0.2) is 0 Å². The lowest BCUT2D eigenvalue weighted by molar-refractivity contribution is -0.113. The molecule has 3 heterocycles. The van der Waals surface area contributed by atoms with Crippen LogP contribution in [0.1, 0.15) is 48.2 Å². The number of aromatic nitrogens is 2. The van der Waals surface area contributed by atoms with Gasteiger partial charge in [-0.05, 0) is 81.4 Å². The first kappa shape index (κ1) is 22.8. The van der Waals surface area contributed by atoms with E-state index in [0.29, 0.717) is 12.0 Å². The minimum Gasteiger partial charge on any atom is -0.359 e. The van der Waals surface area contributed by atoms with E-state index in [1.54, 1.807) is 11.3 Å². The molecule has 0 radical (unpaired) electrons. The second-order valence-electron chi connectivity index (χ2n) is 8.87. The molecule has 32 heavy (non-hydrogen) atoms. The number of aromatic amines is 1. The Morgan fingerprint density at radius 2 is 2.00 bits per heavy atom. The Bertz CT molecular complexity index is 1140. The van der Waals surface area contributed by atoms with Crippen molar-refractivity contribution in [3.63, 3.8) is 0 Å². The Morgan fingerprint density at radius 1 is 1.22 bits per heavy atom. The van der Waals surface area contributed by atoms with Crippen molar-refractivity contribution in [3.05, 3.63) is 58.4 Å². The molecular weight excluding hydrogens is 440 g/mol. The summed E-state index contributed by atoms with van der Waals surface area (Å²) in [5.41, 5.74) is 13.2. The van der Waals surface area contributed by atoms with E-state index >= 15 is 0 Å². The summed E-state index contributed by atoms with van der Waals surface area (Å²) >= 11 is 1.62. The highest BCUT2D eigenvalue weighted by Gasteiger charge is 2.35. The molecule has 0 bridgehead atoms. The van der Waals surface area contributed by atoms with Crippen LogP contribution in [0.25, 0.3) is 22.2 Å². The van der Waals surface area contributed by atoms with Gasteiger partial charge in [-0.1, -0.05) is 0 Å². The molecule has 2 aliphatic rings. The zero-order valence-corrected chi connectivity index (χ0v) is 20.1. The highest BCUT2D eigenvalue weighted by Crippen LogP contribution is 2.42. The number of halogens is 1. The Hall–Kier alpha value is -2.41. The third kappa shape index (κ3) is 4.27. The SMILES string of the molecule is Cc1cc(C)c(/C=C2\C(=O)N(CC3CCC(N)CC3)c3ccc(-c4nccs4)cc32)[nH]1.Cl. The van der Waals surface area contributed by atoms with Crippen LogP contribution in [0.4, 0.5) is 5.69 Å². The summed E-state index contributed by atoms with van der Waals surface area (Å²) in [6.07, 6.45) is 8.11. The van der Waals surface area contributed by atoms with Gasteiger partial charge in [0.2, 0.25) is 0 Å². The van der Waals surface area contributed by atoms with Gasteiger partial charge < -0.3 is 15.6 Å². The number of nitrogens with one attached hydrogen (secondary N) is 1. The first-order chi connectivity index (χ1) is 15.0. The van der Waals surface area contributed by atoms with Gasteiger partial charge in [-0.3, -0.25) is 4.79 Å². The summed E-state index contributed by atoms with van der Waals surface area (Å²) in [6, 6.07) is 8.73. The summed E-state index contributed by atoms with van der Waals surface area (Å²) in [5.74, 6) is 0.594. The van der Waals surface area contributed by atoms with Crippen LogP contribution in [0.3, 0.4) is 0 Å². The van der Waals surface area contributed by atoms with E-state index in [1.165, 1.54) is 0 Å². The number of nitrogens with zero attached hydrogens (tertiary/aromatic N) is 2. The lowest BCUT2D eigenvalue weighted by Crippen LogP contribution is -2.36.